The summed E-state index contributed by atoms with van der Waals surface area (Å²) in [6.45, 7) is 6.70. The highest BCUT2D eigenvalue weighted by Crippen LogP contribution is 2.36. The lowest BCUT2D eigenvalue weighted by molar-refractivity contribution is -0.138. The number of amides is 2. The number of methoxy groups -OCH3 is 1. The minimum Gasteiger partial charge on any atom is -0.496 e. The predicted octanol–water partition coefficient (Wildman–Crippen LogP) is 1.76. The van der Waals surface area contributed by atoms with E-state index >= 15 is 0 Å². The van der Waals surface area contributed by atoms with Crippen molar-refractivity contribution in [3.8, 4) is 5.75 Å². The van der Waals surface area contributed by atoms with Crippen LogP contribution in [0.4, 0.5) is 0 Å². The minimum atomic E-state index is -0.246. The van der Waals surface area contributed by atoms with Crippen LogP contribution in [0.2, 0.25) is 0 Å². The van der Waals surface area contributed by atoms with Gasteiger partial charge in [0.25, 0.3) is 11.8 Å². The Morgan fingerprint density at radius 3 is 2.44 bits per heavy atom. The first-order valence-corrected chi connectivity index (χ1v) is 8.61. The Bertz CT molecular complexity index is 705. The van der Waals surface area contributed by atoms with E-state index in [4.69, 9.17) is 9.47 Å². The van der Waals surface area contributed by atoms with Crippen LogP contribution in [0.1, 0.15) is 19.4 Å². The summed E-state index contributed by atoms with van der Waals surface area (Å²) in [5.74, 6) is 0.331. The Kier molecular flexibility index (Phi) is 5.08. The fraction of sp³-hybridized carbons (Fsp3) is 0.474. The largest absolute Gasteiger partial charge is 0.496 e. The molecule has 0 spiro atoms. The van der Waals surface area contributed by atoms with Crippen molar-refractivity contribution in [2.45, 2.75) is 13.8 Å². The second kappa shape index (κ2) is 7.27. The zero-order chi connectivity index (χ0) is 18.0. The molecule has 1 saturated heterocycles. The zero-order valence-corrected chi connectivity index (χ0v) is 14.9. The normalized spacial score (nSPS) is 18.6. The molecule has 0 aliphatic carbocycles. The summed E-state index contributed by atoms with van der Waals surface area (Å²) >= 11 is 0. The summed E-state index contributed by atoms with van der Waals surface area (Å²) in [5, 5.41) is 0. The standard InChI is InChI=1S/C19H24N2O4/c1-13(2)12-21-18(22)16(14-6-4-5-7-15(14)24-3)17(19(21)23)20-8-10-25-11-9-20/h4-7,13H,8-12H2,1-3H3. The number of rotatable bonds is 5. The molecule has 1 fully saturated rings. The summed E-state index contributed by atoms with van der Waals surface area (Å²) in [6.07, 6.45) is 0. The molecule has 2 amide bonds. The van der Waals surface area contributed by atoms with E-state index in [1.165, 1.54) is 4.90 Å². The number of benzene rings is 1. The Hall–Kier alpha value is -2.34. The van der Waals surface area contributed by atoms with Crippen LogP contribution < -0.4 is 4.74 Å². The summed E-state index contributed by atoms with van der Waals surface area (Å²) in [6, 6.07) is 7.34. The maximum atomic E-state index is 13.1. The molecular weight excluding hydrogens is 320 g/mol. The predicted molar refractivity (Wildman–Crippen MR) is 93.9 cm³/mol. The lowest BCUT2D eigenvalue weighted by atomic mass is 10.0. The van der Waals surface area contributed by atoms with Crippen molar-refractivity contribution in [1.29, 1.82) is 0 Å². The van der Waals surface area contributed by atoms with Crippen LogP contribution in [-0.2, 0) is 14.3 Å². The topological polar surface area (TPSA) is 59.1 Å². The summed E-state index contributed by atoms with van der Waals surface area (Å²) in [7, 11) is 1.57. The molecule has 0 aromatic heterocycles. The van der Waals surface area contributed by atoms with Gasteiger partial charge < -0.3 is 14.4 Å². The fourth-order valence-electron chi connectivity index (χ4n) is 3.27. The monoisotopic (exact) mass is 344 g/mol. The first-order valence-electron chi connectivity index (χ1n) is 8.61. The van der Waals surface area contributed by atoms with Crippen LogP contribution in [0.5, 0.6) is 5.75 Å². The molecule has 0 N–H and O–H groups in total. The number of hydrogen-bond acceptors (Lipinski definition) is 5. The van der Waals surface area contributed by atoms with Gasteiger partial charge in [-0.1, -0.05) is 32.0 Å². The van der Waals surface area contributed by atoms with E-state index in [9.17, 15) is 9.59 Å². The maximum absolute atomic E-state index is 13.1. The van der Waals surface area contributed by atoms with Gasteiger partial charge in [-0.05, 0) is 12.0 Å². The highest BCUT2D eigenvalue weighted by atomic mass is 16.5. The van der Waals surface area contributed by atoms with Crippen molar-refractivity contribution in [3.63, 3.8) is 0 Å². The number of carbonyl (C=O) groups is 2. The van der Waals surface area contributed by atoms with Gasteiger partial charge in [-0.25, -0.2) is 0 Å². The molecular formula is C19H24N2O4. The third-order valence-electron chi connectivity index (χ3n) is 4.39. The molecule has 0 saturated carbocycles. The molecule has 134 valence electrons. The van der Waals surface area contributed by atoms with Crippen LogP contribution in [-0.4, -0.2) is 61.6 Å². The van der Waals surface area contributed by atoms with E-state index in [1.807, 2.05) is 43.0 Å². The van der Waals surface area contributed by atoms with Gasteiger partial charge in [-0.3, -0.25) is 14.5 Å². The Labute approximate surface area is 148 Å². The fourth-order valence-corrected chi connectivity index (χ4v) is 3.27. The van der Waals surface area contributed by atoms with Crippen LogP contribution in [0.15, 0.2) is 30.0 Å². The molecule has 2 aliphatic heterocycles. The van der Waals surface area contributed by atoms with Gasteiger partial charge in [-0.2, -0.15) is 0 Å². The van der Waals surface area contributed by atoms with Crippen molar-refractivity contribution >= 4 is 17.4 Å². The number of para-hydroxylation sites is 1. The maximum Gasteiger partial charge on any atom is 0.277 e. The third kappa shape index (κ3) is 3.26. The van der Waals surface area contributed by atoms with Gasteiger partial charge in [-0.15, -0.1) is 0 Å². The third-order valence-corrected chi connectivity index (χ3v) is 4.39. The average Bonchev–Trinajstić information content (AvgIpc) is 2.86. The van der Waals surface area contributed by atoms with Crippen molar-refractivity contribution in [1.82, 2.24) is 9.80 Å². The van der Waals surface area contributed by atoms with E-state index in [-0.39, 0.29) is 17.7 Å². The molecule has 25 heavy (non-hydrogen) atoms. The Morgan fingerprint density at radius 1 is 1.12 bits per heavy atom. The number of ether oxygens (including phenoxy) is 2. The van der Waals surface area contributed by atoms with Crippen LogP contribution >= 0.6 is 0 Å². The number of hydrogen-bond donors (Lipinski definition) is 0. The first kappa shape index (κ1) is 17.5. The molecule has 1 aromatic rings. The van der Waals surface area contributed by atoms with E-state index in [2.05, 4.69) is 0 Å². The van der Waals surface area contributed by atoms with Crippen LogP contribution in [0.25, 0.3) is 5.57 Å². The summed E-state index contributed by atoms with van der Waals surface area (Å²) < 4.78 is 10.8. The molecule has 2 heterocycles. The molecule has 1 aromatic carbocycles. The van der Waals surface area contributed by atoms with Gasteiger partial charge in [0.15, 0.2) is 0 Å². The molecule has 6 heteroatoms. The van der Waals surface area contributed by atoms with E-state index in [0.29, 0.717) is 55.4 Å². The molecule has 0 radical (unpaired) electrons. The molecule has 0 atom stereocenters. The highest BCUT2D eigenvalue weighted by Gasteiger charge is 2.42. The second-order valence-corrected chi connectivity index (χ2v) is 6.64. The molecule has 3 rings (SSSR count). The van der Waals surface area contributed by atoms with Gasteiger partial charge in [0.2, 0.25) is 0 Å². The van der Waals surface area contributed by atoms with Crippen LogP contribution in [0.3, 0.4) is 0 Å². The smallest absolute Gasteiger partial charge is 0.277 e. The summed E-state index contributed by atoms with van der Waals surface area (Å²) in [4.78, 5) is 29.5. The number of nitrogens with zero attached hydrogens (tertiary/aromatic N) is 2. The van der Waals surface area contributed by atoms with Gasteiger partial charge in [0, 0.05) is 25.2 Å². The lowest BCUT2D eigenvalue weighted by Crippen LogP contribution is -2.41. The second-order valence-electron chi connectivity index (χ2n) is 6.64. The van der Waals surface area contributed by atoms with Crippen LogP contribution in [0, 0.1) is 5.92 Å². The van der Waals surface area contributed by atoms with E-state index in [0.717, 1.165) is 0 Å². The Balaban J connectivity index is 2.11. The van der Waals surface area contributed by atoms with Crippen molar-refractivity contribution in [3.05, 3.63) is 35.5 Å². The van der Waals surface area contributed by atoms with Gasteiger partial charge in [0.1, 0.15) is 11.4 Å². The molecule has 0 unspecified atom stereocenters. The van der Waals surface area contributed by atoms with E-state index in [1.54, 1.807) is 7.11 Å². The summed E-state index contributed by atoms with van der Waals surface area (Å²) in [5.41, 5.74) is 1.57. The van der Waals surface area contributed by atoms with E-state index < -0.39 is 0 Å². The van der Waals surface area contributed by atoms with Gasteiger partial charge in [0.05, 0.1) is 25.9 Å². The van der Waals surface area contributed by atoms with Crippen molar-refractivity contribution < 1.29 is 19.1 Å². The van der Waals surface area contributed by atoms with Crippen molar-refractivity contribution in [2.24, 2.45) is 5.92 Å². The average molecular weight is 344 g/mol. The number of carbonyl (C=O) groups excluding carboxylic acids is 2. The minimum absolute atomic E-state index is 0.204. The lowest BCUT2D eigenvalue weighted by Gasteiger charge is -2.30. The first-order chi connectivity index (χ1) is 12.0. The molecule has 2 aliphatic rings. The molecule has 0 bridgehead atoms. The SMILES string of the molecule is COc1ccccc1C1=C(N2CCOCC2)C(=O)N(CC(C)C)C1=O. The van der Waals surface area contributed by atoms with Gasteiger partial charge >= 0.3 is 0 Å². The number of imide groups is 1. The zero-order valence-electron chi connectivity index (χ0n) is 14.9. The number of morpholine rings is 1. The molecule has 6 nitrogen and oxygen atoms in total. The highest BCUT2D eigenvalue weighted by molar-refractivity contribution is 6.36. The Morgan fingerprint density at radius 2 is 1.80 bits per heavy atom. The van der Waals surface area contributed by atoms with Crippen molar-refractivity contribution in [2.75, 3.05) is 40.0 Å². The quantitative estimate of drug-likeness (QED) is 0.762.